The molecule has 1 N–H and O–H groups in total. The Hall–Kier alpha value is -2.77. The maximum absolute atomic E-state index is 12.7. The number of amides is 3. The van der Waals surface area contributed by atoms with E-state index >= 15 is 0 Å². The Balaban J connectivity index is 1.82. The lowest BCUT2D eigenvalue weighted by Gasteiger charge is -2.28. The second kappa shape index (κ2) is 8.07. The molecule has 1 aromatic carbocycles. The fraction of sp³-hybridized carbons (Fsp3) is 0.250. The van der Waals surface area contributed by atoms with Crippen molar-refractivity contribution in [2.45, 2.75) is 12.8 Å². The molecule has 3 rings (SSSR count). The molecule has 1 aromatic heterocycles. The lowest BCUT2D eigenvalue weighted by molar-refractivity contribution is -0.00500. The van der Waals surface area contributed by atoms with E-state index in [2.05, 4.69) is 19.5 Å². The van der Waals surface area contributed by atoms with Gasteiger partial charge in [-0.05, 0) is 31.5 Å². The van der Waals surface area contributed by atoms with Crippen molar-refractivity contribution in [1.29, 1.82) is 0 Å². The number of hydrazine groups is 1. The summed E-state index contributed by atoms with van der Waals surface area (Å²) in [6.07, 6.45) is 4.68. The second-order valence-corrected chi connectivity index (χ2v) is 5.94. The summed E-state index contributed by atoms with van der Waals surface area (Å²) >= 11 is 0. The summed E-state index contributed by atoms with van der Waals surface area (Å²) < 4.78 is 1.11. The van der Waals surface area contributed by atoms with Crippen molar-refractivity contribution >= 4 is 27.3 Å². The van der Waals surface area contributed by atoms with Gasteiger partial charge in [0.2, 0.25) is 0 Å². The molecule has 0 bridgehead atoms. The lowest BCUT2D eigenvalue weighted by Crippen LogP contribution is -2.52. The van der Waals surface area contributed by atoms with Crippen molar-refractivity contribution in [2.75, 3.05) is 13.1 Å². The normalized spacial score (nSPS) is 13.0. The maximum atomic E-state index is 12.7. The number of aromatic nitrogens is 2. The molecule has 0 aliphatic carbocycles. The van der Waals surface area contributed by atoms with Crippen molar-refractivity contribution in [3.05, 3.63) is 54.1 Å². The number of hydrogen-bond donors (Lipinski definition) is 1. The smallest absolute Gasteiger partial charge is 0.315 e. The molecule has 136 valence electrons. The SMILES string of the molecule is O=C(On1ccnc1)N(CCCCNP)N1C(=O)c2ccccc2C1=O. The summed E-state index contributed by atoms with van der Waals surface area (Å²) in [7, 11) is 2.40. The molecule has 3 amide bonds. The van der Waals surface area contributed by atoms with E-state index < -0.39 is 17.9 Å². The van der Waals surface area contributed by atoms with Crippen LogP contribution >= 0.6 is 9.39 Å². The van der Waals surface area contributed by atoms with Gasteiger partial charge in [0.25, 0.3) is 11.8 Å². The first-order chi connectivity index (χ1) is 12.6. The number of imide groups is 1. The number of hydrogen-bond acceptors (Lipinski definition) is 6. The molecule has 1 aliphatic rings. The number of benzene rings is 1. The van der Waals surface area contributed by atoms with Gasteiger partial charge in [0.1, 0.15) is 6.33 Å². The molecule has 26 heavy (non-hydrogen) atoms. The third-order valence-corrected chi connectivity index (χ3v) is 4.12. The molecule has 0 spiro atoms. The van der Waals surface area contributed by atoms with Gasteiger partial charge in [0.05, 0.1) is 17.3 Å². The van der Waals surface area contributed by atoms with Gasteiger partial charge in [-0.25, -0.2) is 14.8 Å². The Morgan fingerprint density at radius 1 is 1.19 bits per heavy atom. The first-order valence-corrected chi connectivity index (χ1v) is 8.60. The minimum absolute atomic E-state index is 0.158. The van der Waals surface area contributed by atoms with Crippen molar-refractivity contribution in [3.8, 4) is 0 Å². The summed E-state index contributed by atoms with van der Waals surface area (Å²) in [6, 6.07) is 6.47. The van der Waals surface area contributed by atoms with Crippen molar-refractivity contribution < 1.29 is 19.2 Å². The molecule has 0 saturated carbocycles. The number of rotatable bonds is 7. The van der Waals surface area contributed by atoms with E-state index in [-0.39, 0.29) is 17.7 Å². The average molecular weight is 375 g/mol. The Kier molecular flexibility index (Phi) is 5.60. The molecule has 1 atom stereocenters. The fourth-order valence-electron chi connectivity index (χ4n) is 2.60. The highest BCUT2D eigenvalue weighted by atomic mass is 31.0. The van der Waals surface area contributed by atoms with E-state index in [4.69, 9.17) is 4.84 Å². The predicted octanol–water partition coefficient (Wildman–Crippen LogP) is 1.10. The van der Waals surface area contributed by atoms with E-state index in [0.29, 0.717) is 6.42 Å². The van der Waals surface area contributed by atoms with E-state index in [0.717, 1.165) is 27.7 Å². The third-order valence-electron chi connectivity index (χ3n) is 3.83. The zero-order valence-corrected chi connectivity index (χ0v) is 15.0. The van der Waals surface area contributed by atoms with Crippen LogP contribution in [0.15, 0.2) is 43.0 Å². The van der Waals surface area contributed by atoms with Gasteiger partial charge in [0.15, 0.2) is 0 Å². The van der Waals surface area contributed by atoms with Crippen LogP contribution in [0.2, 0.25) is 0 Å². The van der Waals surface area contributed by atoms with Crippen molar-refractivity contribution in [3.63, 3.8) is 0 Å². The molecule has 2 heterocycles. The monoisotopic (exact) mass is 375 g/mol. The second-order valence-electron chi connectivity index (χ2n) is 5.53. The van der Waals surface area contributed by atoms with Gasteiger partial charge in [-0.1, -0.05) is 21.5 Å². The van der Waals surface area contributed by atoms with Gasteiger partial charge < -0.3 is 9.92 Å². The Morgan fingerprint density at radius 3 is 2.46 bits per heavy atom. The van der Waals surface area contributed by atoms with Crippen LogP contribution in [0.1, 0.15) is 33.6 Å². The minimum Gasteiger partial charge on any atom is -0.315 e. The van der Waals surface area contributed by atoms with Gasteiger partial charge in [0, 0.05) is 12.7 Å². The highest BCUT2D eigenvalue weighted by molar-refractivity contribution is 7.13. The van der Waals surface area contributed by atoms with Gasteiger partial charge >= 0.3 is 6.09 Å². The zero-order valence-electron chi connectivity index (χ0n) is 13.9. The van der Waals surface area contributed by atoms with E-state index in [1.54, 1.807) is 24.3 Å². The first-order valence-electron chi connectivity index (χ1n) is 8.02. The largest absolute Gasteiger partial charge is 0.454 e. The van der Waals surface area contributed by atoms with Crippen molar-refractivity contribution in [1.82, 2.24) is 24.8 Å². The summed E-state index contributed by atoms with van der Waals surface area (Å²) in [6.45, 7) is 0.878. The molecule has 0 fully saturated rings. The number of unbranched alkanes of at least 4 members (excludes halogenated alkanes) is 1. The number of nitrogens with one attached hydrogen (secondary N) is 1. The molecular weight excluding hydrogens is 357 g/mol. The Bertz CT molecular complexity index is 776. The molecular formula is C16H18N5O4P. The average Bonchev–Trinajstić information content (AvgIpc) is 3.24. The Morgan fingerprint density at radius 2 is 1.88 bits per heavy atom. The number of carbonyl (C=O) groups is 3. The van der Waals surface area contributed by atoms with E-state index in [9.17, 15) is 14.4 Å². The maximum Gasteiger partial charge on any atom is 0.454 e. The highest BCUT2D eigenvalue weighted by Crippen LogP contribution is 2.24. The highest BCUT2D eigenvalue weighted by Gasteiger charge is 2.41. The third kappa shape index (κ3) is 3.58. The quantitative estimate of drug-likeness (QED) is 0.442. The van der Waals surface area contributed by atoms with Crippen LogP contribution in [0.3, 0.4) is 0 Å². The fourth-order valence-corrected chi connectivity index (χ4v) is 2.80. The summed E-state index contributed by atoms with van der Waals surface area (Å²) in [4.78, 5) is 46.9. The van der Waals surface area contributed by atoms with E-state index in [1.807, 2.05) is 0 Å². The van der Waals surface area contributed by atoms with Crippen LogP contribution < -0.4 is 9.92 Å². The summed E-state index contributed by atoms with van der Waals surface area (Å²) in [5, 5.41) is 4.81. The van der Waals surface area contributed by atoms with Crippen LogP contribution in [0, 0.1) is 0 Å². The molecule has 0 saturated heterocycles. The molecule has 10 heteroatoms. The van der Waals surface area contributed by atoms with Crippen molar-refractivity contribution in [2.24, 2.45) is 0 Å². The molecule has 0 radical (unpaired) electrons. The standard InChI is InChI=1S/C16H18N5O4P/c22-14-12-5-1-2-6-13(12)15(23)21(14)20(9-4-3-7-18-26)16(24)25-19-10-8-17-11-19/h1-2,5-6,8,10-11,18H,3-4,7,9,26H2. The zero-order chi connectivity index (χ0) is 18.5. The number of fused-ring (bicyclic) bond motifs is 1. The van der Waals surface area contributed by atoms with Crippen LogP contribution in [-0.4, -0.2) is 50.7 Å². The molecule has 1 unspecified atom stereocenters. The molecule has 2 aromatic rings. The predicted molar refractivity (Wildman–Crippen MR) is 94.8 cm³/mol. The van der Waals surface area contributed by atoms with E-state index in [1.165, 1.54) is 18.7 Å². The first kappa shape index (κ1) is 18.0. The van der Waals surface area contributed by atoms with Crippen LogP contribution in [-0.2, 0) is 0 Å². The number of carbonyl (C=O) groups excluding carboxylic acids is 3. The summed E-state index contributed by atoms with van der Waals surface area (Å²) in [5.74, 6) is -1.09. The minimum atomic E-state index is -0.837. The Labute approximate surface area is 152 Å². The van der Waals surface area contributed by atoms with Gasteiger partial charge in [-0.15, -0.1) is 0 Å². The van der Waals surface area contributed by atoms with Gasteiger partial charge in [-0.3, -0.25) is 9.59 Å². The molecule has 1 aliphatic heterocycles. The van der Waals surface area contributed by atoms with Crippen LogP contribution in [0.5, 0.6) is 0 Å². The van der Waals surface area contributed by atoms with Gasteiger partial charge in [-0.2, -0.15) is 9.74 Å². The lowest BCUT2D eigenvalue weighted by atomic mass is 10.1. The molecule has 9 nitrogen and oxygen atoms in total. The topological polar surface area (TPSA) is 96.8 Å². The van der Waals surface area contributed by atoms with Crippen LogP contribution in [0.25, 0.3) is 0 Å². The van der Waals surface area contributed by atoms with Crippen LogP contribution in [0.4, 0.5) is 4.79 Å². The number of nitrogens with zero attached hydrogens (tertiary/aromatic N) is 4. The summed E-state index contributed by atoms with van der Waals surface area (Å²) in [5.41, 5.74) is 0.536. The number of imidazole rings is 1.